The summed E-state index contributed by atoms with van der Waals surface area (Å²) in [6, 6.07) is 12.5. The minimum absolute atomic E-state index is 0.345. The molecule has 2 nitrogen and oxygen atoms in total. The molecule has 1 unspecified atom stereocenters. The molecule has 0 aromatic heterocycles. The third kappa shape index (κ3) is 3.74. The second-order valence-corrected chi connectivity index (χ2v) is 4.44. The molecule has 0 aliphatic heterocycles. The van der Waals surface area contributed by atoms with Crippen molar-refractivity contribution < 1.29 is 23.0 Å². The summed E-state index contributed by atoms with van der Waals surface area (Å²) in [7, 11) is 0. The second-order valence-electron chi connectivity index (χ2n) is 4.44. The van der Waals surface area contributed by atoms with Gasteiger partial charge in [0.2, 0.25) is 0 Å². The minimum atomic E-state index is -4.74. The van der Waals surface area contributed by atoms with Gasteiger partial charge in [0.1, 0.15) is 11.9 Å². The van der Waals surface area contributed by atoms with Gasteiger partial charge in [0, 0.05) is 0 Å². The van der Waals surface area contributed by atoms with Crippen LogP contribution in [-0.2, 0) is 0 Å². The van der Waals surface area contributed by atoms with Gasteiger partial charge in [-0.2, -0.15) is 0 Å². The number of aliphatic hydroxyl groups is 1. The fourth-order valence-electron chi connectivity index (χ4n) is 1.91. The van der Waals surface area contributed by atoms with E-state index in [2.05, 4.69) is 4.74 Å². The minimum Gasteiger partial charge on any atom is -0.406 e. The standard InChI is InChI=1S/C15H13F3O2/c1-10-4-2-5-11(8-10)14(19)12-6-3-7-13(9-12)20-15(16,17)18/h2-9,14,19H,1H3. The Hall–Kier alpha value is -2.01. The zero-order chi connectivity index (χ0) is 14.8. The van der Waals surface area contributed by atoms with Crippen LogP contribution < -0.4 is 4.74 Å². The van der Waals surface area contributed by atoms with Crippen molar-refractivity contribution in [3.8, 4) is 5.75 Å². The highest BCUT2D eigenvalue weighted by Gasteiger charge is 2.31. The van der Waals surface area contributed by atoms with Crippen molar-refractivity contribution in [3.05, 3.63) is 65.2 Å². The van der Waals surface area contributed by atoms with Crippen LogP contribution in [0.5, 0.6) is 5.75 Å². The number of rotatable bonds is 3. The fraction of sp³-hybridized carbons (Fsp3) is 0.200. The van der Waals surface area contributed by atoms with E-state index in [9.17, 15) is 18.3 Å². The number of alkyl halides is 3. The van der Waals surface area contributed by atoms with E-state index < -0.39 is 12.5 Å². The molecule has 0 saturated heterocycles. The molecule has 1 atom stereocenters. The molecule has 0 aliphatic carbocycles. The molecule has 2 aromatic rings. The van der Waals surface area contributed by atoms with Gasteiger partial charge in [-0.3, -0.25) is 0 Å². The summed E-state index contributed by atoms with van der Waals surface area (Å²) in [5.74, 6) is -0.346. The quantitative estimate of drug-likeness (QED) is 0.922. The maximum Gasteiger partial charge on any atom is 0.573 e. The van der Waals surface area contributed by atoms with Crippen molar-refractivity contribution in [2.45, 2.75) is 19.4 Å². The van der Waals surface area contributed by atoms with Crippen LogP contribution in [0.25, 0.3) is 0 Å². The first-order valence-corrected chi connectivity index (χ1v) is 5.95. The lowest BCUT2D eigenvalue weighted by Gasteiger charge is -2.14. The smallest absolute Gasteiger partial charge is 0.406 e. The molecule has 1 N–H and O–H groups in total. The highest BCUT2D eigenvalue weighted by atomic mass is 19.4. The first-order valence-electron chi connectivity index (χ1n) is 5.95. The van der Waals surface area contributed by atoms with Crippen LogP contribution in [0.4, 0.5) is 13.2 Å². The van der Waals surface area contributed by atoms with Gasteiger partial charge in [0.15, 0.2) is 0 Å². The Balaban J connectivity index is 2.26. The highest BCUT2D eigenvalue weighted by molar-refractivity contribution is 5.36. The molecular weight excluding hydrogens is 269 g/mol. The van der Waals surface area contributed by atoms with Crippen LogP contribution in [-0.4, -0.2) is 11.5 Å². The molecule has 0 bridgehead atoms. The third-order valence-electron chi connectivity index (χ3n) is 2.77. The average Bonchev–Trinajstić information content (AvgIpc) is 2.36. The van der Waals surface area contributed by atoms with E-state index >= 15 is 0 Å². The monoisotopic (exact) mass is 282 g/mol. The molecule has 2 rings (SSSR count). The SMILES string of the molecule is Cc1cccc(C(O)c2cccc(OC(F)(F)F)c2)c1. The van der Waals surface area contributed by atoms with Gasteiger partial charge in [0.25, 0.3) is 0 Å². The topological polar surface area (TPSA) is 29.5 Å². The van der Waals surface area contributed by atoms with Gasteiger partial charge in [0.05, 0.1) is 0 Å². The second kappa shape index (κ2) is 5.54. The summed E-state index contributed by atoms with van der Waals surface area (Å²) < 4.78 is 40.3. The highest BCUT2D eigenvalue weighted by Crippen LogP contribution is 2.28. The summed E-state index contributed by atoms with van der Waals surface area (Å²) in [5.41, 5.74) is 1.93. The van der Waals surface area contributed by atoms with Crippen molar-refractivity contribution >= 4 is 0 Å². The van der Waals surface area contributed by atoms with E-state index in [1.807, 2.05) is 13.0 Å². The Morgan fingerprint density at radius 3 is 2.20 bits per heavy atom. The van der Waals surface area contributed by atoms with Crippen molar-refractivity contribution in [3.63, 3.8) is 0 Å². The molecule has 0 amide bonds. The van der Waals surface area contributed by atoms with Crippen LogP contribution in [0.3, 0.4) is 0 Å². The van der Waals surface area contributed by atoms with E-state index in [-0.39, 0.29) is 5.75 Å². The van der Waals surface area contributed by atoms with Crippen LogP contribution in [0.1, 0.15) is 22.8 Å². The zero-order valence-corrected chi connectivity index (χ0v) is 10.7. The van der Waals surface area contributed by atoms with Crippen molar-refractivity contribution in [2.24, 2.45) is 0 Å². The fourth-order valence-corrected chi connectivity index (χ4v) is 1.91. The Morgan fingerprint density at radius 2 is 1.60 bits per heavy atom. The lowest BCUT2D eigenvalue weighted by Crippen LogP contribution is -2.17. The number of ether oxygens (including phenoxy) is 1. The Bertz CT molecular complexity index is 594. The molecule has 2 aromatic carbocycles. The number of hydrogen-bond donors (Lipinski definition) is 1. The van der Waals surface area contributed by atoms with E-state index in [1.165, 1.54) is 18.2 Å². The van der Waals surface area contributed by atoms with Crippen LogP contribution in [0.2, 0.25) is 0 Å². The first kappa shape index (κ1) is 14.4. The molecule has 0 fully saturated rings. The van der Waals surface area contributed by atoms with E-state index in [0.717, 1.165) is 5.56 Å². The molecule has 0 aliphatic rings. The summed E-state index contributed by atoms with van der Waals surface area (Å²) in [6.45, 7) is 1.87. The molecule has 0 saturated carbocycles. The van der Waals surface area contributed by atoms with Crippen LogP contribution in [0.15, 0.2) is 48.5 Å². The lowest BCUT2D eigenvalue weighted by molar-refractivity contribution is -0.274. The molecular formula is C15H13F3O2. The van der Waals surface area contributed by atoms with Crippen molar-refractivity contribution in [1.29, 1.82) is 0 Å². The molecule has 0 heterocycles. The number of aryl methyl sites for hydroxylation is 1. The number of aliphatic hydroxyl groups excluding tert-OH is 1. The van der Waals surface area contributed by atoms with E-state index in [4.69, 9.17) is 0 Å². The molecule has 0 spiro atoms. The largest absolute Gasteiger partial charge is 0.573 e. The van der Waals surface area contributed by atoms with Gasteiger partial charge in [-0.1, -0.05) is 42.0 Å². The van der Waals surface area contributed by atoms with Gasteiger partial charge < -0.3 is 9.84 Å². The van der Waals surface area contributed by atoms with Gasteiger partial charge in [-0.15, -0.1) is 13.2 Å². The molecule has 106 valence electrons. The predicted molar refractivity (Wildman–Crippen MR) is 68.4 cm³/mol. The third-order valence-corrected chi connectivity index (χ3v) is 2.77. The average molecular weight is 282 g/mol. The van der Waals surface area contributed by atoms with Crippen LogP contribution in [0, 0.1) is 6.92 Å². The maximum atomic E-state index is 12.2. The number of benzene rings is 2. The van der Waals surface area contributed by atoms with E-state index in [0.29, 0.717) is 11.1 Å². The summed E-state index contributed by atoms with van der Waals surface area (Å²) in [5, 5.41) is 10.2. The first-order chi connectivity index (χ1) is 9.35. The lowest BCUT2D eigenvalue weighted by atomic mass is 10.00. The van der Waals surface area contributed by atoms with Gasteiger partial charge >= 0.3 is 6.36 Å². The molecule has 5 heteroatoms. The summed E-state index contributed by atoms with van der Waals surface area (Å²) >= 11 is 0. The Morgan fingerprint density at radius 1 is 1.00 bits per heavy atom. The van der Waals surface area contributed by atoms with Gasteiger partial charge in [-0.05, 0) is 30.2 Å². The maximum absolute atomic E-state index is 12.2. The van der Waals surface area contributed by atoms with Crippen molar-refractivity contribution in [2.75, 3.05) is 0 Å². The summed E-state index contributed by atoms with van der Waals surface area (Å²) in [4.78, 5) is 0. The van der Waals surface area contributed by atoms with Crippen molar-refractivity contribution in [1.82, 2.24) is 0 Å². The predicted octanol–water partition coefficient (Wildman–Crippen LogP) is 3.98. The normalized spacial score (nSPS) is 13.1. The molecule has 0 radical (unpaired) electrons. The van der Waals surface area contributed by atoms with Gasteiger partial charge in [-0.25, -0.2) is 0 Å². The Kier molecular flexibility index (Phi) is 3.99. The molecule has 20 heavy (non-hydrogen) atoms. The van der Waals surface area contributed by atoms with E-state index in [1.54, 1.807) is 24.3 Å². The Labute approximate surface area is 114 Å². The zero-order valence-electron chi connectivity index (χ0n) is 10.7. The summed E-state index contributed by atoms with van der Waals surface area (Å²) in [6.07, 6.45) is -5.74. The number of hydrogen-bond acceptors (Lipinski definition) is 2. The number of halogens is 3. The van der Waals surface area contributed by atoms with Crippen LogP contribution >= 0.6 is 0 Å².